The Balaban J connectivity index is 1.61. The molecule has 3 heterocycles. The molecule has 0 unspecified atom stereocenters. The Kier molecular flexibility index (Phi) is 7.52. The van der Waals surface area contributed by atoms with E-state index in [0.717, 1.165) is 6.07 Å². The first-order chi connectivity index (χ1) is 17.9. The fraction of sp³-hybridized carbons (Fsp3) is 0.462. The zero-order chi connectivity index (χ0) is 27.8. The van der Waals surface area contributed by atoms with Gasteiger partial charge in [-0.15, -0.1) is 5.10 Å². The average Bonchev–Trinajstić information content (AvgIpc) is 2.84. The summed E-state index contributed by atoms with van der Waals surface area (Å²) in [6, 6.07) is 4.60. The van der Waals surface area contributed by atoms with Gasteiger partial charge in [0, 0.05) is 41.7 Å². The van der Waals surface area contributed by atoms with Gasteiger partial charge in [-0.1, -0.05) is 18.2 Å². The molecule has 0 bridgehead atoms. The second-order valence-electron chi connectivity index (χ2n) is 10.3. The molecule has 0 saturated carbocycles. The van der Waals surface area contributed by atoms with Gasteiger partial charge in [-0.2, -0.15) is 5.10 Å². The second kappa shape index (κ2) is 10.5. The number of rotatable bonds is 5. The average molecular weight is 533 g/mol. The quantitative estimate of drug-likeness (QED) is 0.516. The lowest BCUT2D eigenvalue weighted by Gasteiger charge is -2.37. The summed E-state index contributed by atoms with van der Waals surface area (Å²) < 4.78 is 48.1. The van der Waals surface area contributed by atoms with Crippen LogP contribution in [-0.2, 0) is 4.74 Å². The molecule has 0 spiro atoms. The highest BCUT2D eigenvalue weighted by Crippen LogP contribution is 2.30. The van der Waals surface area contributed by atoms with Crippen LogP contribution in [0.15, 0.2) is 35.3 Å². The number of ether oxygens (including phenoxy) is 1. The Bertz CT molecular complexity index is 1400. The van der Waals surface area contributed by atoms with Crippen LogP contribution in [0, 0.1) is 12.7 Å². The number of hydrogen-bond acceptors (Lipinski definition) is 7. The van der Waals surface area contributed by atoms with E-state index in [1.54, 1.807) is 45.7 Å². The van der Waals surface area contributed by atoms with Crippen molar-refractivity contribution in [2.45, 2.75) is 52.7 Å². The Morgan fingerprint density at radius 3 is 2.37 bits per heavy atom. The lowest BCUT2D eigenvalue weighted by Crippen LogP contribution is -2.55. The third-order valence-corrected chi connectivity index (χ3v) is 6.31. The first-order valence-electron chi connectivity index (χ1n) is 12.3. The number of nitrogens with one attached hydrogen (secondary N) is 1. The van der Waals surface area contributed by atoms with Gasteiger partial charge >= 0.3 is 6.09 Å². The number of carbonyl (C=O) groups excluding carboxylic acids is 1. The van der Waals surface area contributed by atoms with Gasteiger partial charge < -0.3 is 20.0 Å². The molecule has 3 aromatic rings. The summed E-state index contributed by atoms with van der Waals surface area (Å²) in [7, 11) is 0. The van der Waals surface area contributed by atoms with E-state index in [-0.39, 0.29) is 16.9 Å². The maximum Gasteiger partial charge on any atom is 0.410 e. The van der Waals surface area contributed by atoms with E-state index in [2.05, 4.69) is 15.5 Å². The number of piperazine rings is 1. The Morgan fingerprint density at radius 1 is 1.08 bits per heavy atom. The fourth-order valence-corrected chi connectivity index (χ4v) is 4.35. The summed E-state index contributed by atoms with van der Waals surface area (Å²) in [5.41, 5.74) is -0.968. The molecule has 1 aromatic carbocycles. The first kappa shape index (κ1) is 27.2. The number of benzene rings is 1. The van der Waals surface area contributed by atoms with Crippen molar-refractivity contribution in [3.05, 3.63) is 63.5 Å². The normalized spacial score (nSPS) is 15.2. The van der Waals surface area contributed by atoms with Crippen LogP contribution in [0.25, 0.3) is 10.8 Å². The maximum atomic E-state index is 14.7. The van der Waals surface area contributed by atoms with Crippen molar-refractivity contribution in [1.82, 2.24) is 19.8 Å². The van der Waals surface area contributed by atoms with Gasteiger partial charge in [-0.05, 0) is 34.6 Å². The SMILES string of the molecule is Cc1nnc(N[C@H](C)c2cccc(C(F)F)c2F)c2cn(N3CCN(C(=O)OC(C)(C)C)CC3)c(=O)cc12. The molecule has 4 rings (SSSR count). The first-order valence-corrected chi connectivity index (χ1v) is 12.3. The maximum absolute atomic E-state index is 14.7. The molecule has 0 aliphatic carbocycles. The molecular weight excluding hydrogens is 501 g/mol. The number of hydrogen-bond donors (Lipinski definition) is 1. The molecule has 1 atom stereocenters. The molecule has 1 aliphatic heterocycles. The Morgan fingerprint density at radius 2 is 1.74 bits per heavy atom. The van der Waals surface area contributed by atoms with Gasteiger partial charge in [0.25, 0.3) is 12.0 Å². The number of fused-ring (bicyclic) bond motifs is 1. The van der Waals surface area contributed by atoms with E-state index >= 15 is 0 Å². The molecule has 12 heteroatoms. The molecular formula is C26H31F3N6O3. The summed E-state index contributed by atoms with van der Waals surface area (Å²) >= 11 is 0. The Hall–Kier alpha value is -3.83. The molecule has 204 valence electrons. The third-order valence-electron chi connectivity index (χ3n) is 6.31. The van der Waals surface area contributed by atoms with Crippen LogP contribution in [0.5, 0.6) is 0 Å². The van der Waals surface area contributed by atoms with Gasteiger partial charge in [-0.25, -0.2) is 22.6 Å². The molecule has 1 fully saturated rings. The fourth-order valence-electron chi connectivity index (χ4n) is 4.35. The second-order valence-corrected chi connectivity index (χ2v) is 10.3. The predicted octanol–water partition coefficient (Wildman–Crippen LogP) is 4.54. The van der Waals surface area contributed by atoms with Crippen molar-refractivity contribution < 1.29 is 22.7 Å². The zero-order valence-corrected chi connectivity index (χ0v) is 22.0. The van der Waals surface area contributed by atoms with E-state index in [4.69, 9.17) is 4.74 Å². The van der Waals surface area contributed by atoms with Crippen LogP contribution in [0.1, 0.15) is 57.0 Å². The lowest BCUT2D eigenvalue weighted by molar-refractivity contribution is 0.0232. The topological polar surface area (TPSA) is 92.6 Å². The monoisotopic (exact) mass is 532 g/mol. The van der Waals surface area contributed by atoms with Crippen molar-refractivity contribution in [1.29, 1.82) is 0 Å². The van der Waals surface area contributed by atoms with E-state index in [1.165, 1.54) is 22.9 Å². The predicted molar refractivity (Wildman–Crippen MR) is 138 cm³/mol. The molecule has 1 saturated heterocycles. The van der Waals surface area contributed by atoms with Crippen molar-refractivity contribution in [3.8, 4) is 0 Å². The van der Waals surface area contributed by atoms with Crippen LogP contribution in [-0.4, -0.2) is 57.6 Å². The smallest absolute Gasteiger partial charge is 0.410 e. The van der Waals surface area contributed by atoms with Gasteiger partial charge in [-0.3, -0.25) is 4.79 Å². The number of pyridine rings is 1. The van der Waals surface area contributed by atoms with Crippen molar-refractivity contribution >= 4 is 22.7 Å². The number of halogens is 3. The highest BCUT2D eigenvalue weighted by Gasteiger charge is 2.27. The van der Waals surface area contributed by atoms with Crippen LogP contribution in [0.2, 0.25) is 0 Å². The number of carbonyl (C=O) groups is 1. The minimum atomic E-state index is -2.94. The van der Waals surface area contributed by atoms with E-state index in [9.17, 15) is 22.8 Å². The summed E-state index contributed by atoms with van der Waals surface area (Å²) in [4.78, 5) is 27.0. The van der Waals surface area contributed by atoms with Crippen LogP contribution in [0.4, 0.5) is 23.8 Å². The minimum absolute atomic E-state index is 0.0601. The van der Waals surface area contributed by atoms with Gasteiger partial charge in [0.15, 0.2) is 5.82 Å². The van der Waals surface area contributed by atoms with E-state index in [1.807, 2.05) is 5.01 Å². The largest absolute Gasteiger partial charge is 0.444 e. The summed E-state index contributed by atoms with van der Waals surface area (Å²) in [5, 5.41) is 14.3. The number of amides is 1. The summed E-state index contributed by atoms with van der Waals surface area (Å²) in [5.74, 6) is -0.701. The number of alkyl halides is 2. The molecule has 1 N–H and O–H groups in total. The summed E-state index contributed by atoms with van der Waals surface area (Å²) in [6.07, 6.45) is -1.71. The molecule has 38 heavy (non-hydrogen) atoms. The highest BCUT2D eigenvalue weighted by molar-refractivity contribution is 5.92. The van der Waals surface area contributed by atoms with Crippen molar-refractivity contribution in [2.24, 2.45) is 0 Å². The van der Waals surface area contributed by atoms with Crippen molar-refractivity contribution in [2.75, 3.05) is 36.5 Å². The van der Waals surface area contributed by atoms with Gasteiger partial charge in [0.2, 0.25) is 0 Å². The van der Waals surface area contributed by atoms with Gasteiger partial charge in [0.1, 0.15) is 11.4 Å². The lowest BCUT2D eigenvalue weighted by atomic mass is 10.0. The summed E-state index contributed by atoms with van der Waals surface area (Å²) in [6.45, 7) is 10.3. The van der Waals surface area contributed by atoms with Crippen molar-refractivity contribution in [3.63, 3.8) is 0 Å². The standard InChI is InChI=1S/C26H31F3N6O3/c1-15(17-7-6-8-18(22(17)27)23(28)29)30-24-20-14-35(21(36)13-19(20)16(2)31-32-24)34-11-9-33(10-12-34)25(37)38-26(3,4)5/h6-8,13-15,23H,9-12H2,1-5H3,(H,30,32)/t15-/m1/s1. The molecule has 2 aromatic heterocycles. The highest BCUT2D eigenvalue weighted by atomic mass is 19.3. The van der Waals surface area contributed by atoms with Crippen LogP contribution < -0.4 is 15.9 Å². The van der Waals surface area contributed by atoms with E-state index in [0.29, 0.717) is 42.6 Å². The number of nitrogens with zero attached hydrogens (tertiary/aromatic N) is 5. The minimum Gasteiger partial charge on any atom is -0.444 e. The van der Waals surface area contributed by atoms with Gasteiger partial charge in [0.05, 0.1) is 30.4 Å². The van der Waals surface area contributed by atoms with Crippen LogP contribution >= 0.6 is 0 Å². The molecule has 1 amide bonds. The zero-order valence-electron chi connectivity index (χ0n) is 22.0. The third kappa shape index (κ3) is 5.68. The van der Waals surface area contributed by atoms with Crippen LogP contribution in [0.3, 0.4) is 0 Å². The number of anilines is 1. The number of aromatic nitrogens is 3. The van der Waals surface area contributed by atoms with E-state index < -0.39 is 35.5 Å². The molecule has 1 aliphatic rings. The molecule has 0 radical (unpaired) electrons. The Labute approximate surface area is 218 Å². The molecule has 9 nitrogen and oxygen atoms in total. The number of aryl methyl sites for hydroxylation is 1.